The highest BCUT2D eigenvalue weighted by Gasteiger charge is 2.35. The average Bonchev–Trinajstić information content (AvgIpc) is 2.94. The number of halogens is 3. The molecular formula is C11H14F3N5O2S2. The largest absolute Gasteiger partial charge is 0.443 e. The molecule has 2 aromatic rings. The van der Waals surface area contributed by atoms with Crippen LogP contribution in [0.25, 0.3) is 0 Å². The zero-order chi connectivity index (χ0) is 17.5. The summed E-state index contributed by atoms with van der Waals surface area (Å²) >= 11 is 0.366. The molecule has 128 valence electrons. The maximum absolute atomic E-state index is 12.5. The maximum atomic E-state index is 12.5. The van der Waals surface area contributed by atoms with Crippen molar-refractivity contribution in [3.63, 3.8) is 0 Å². The minimum Gasteiger partial charge on any atom is -0.236 e. The van der Waals surface area contributed by atoms with Gasteiger partial charge in [-0.3, -0.25) is 0 Å². The summed E-state index contributed by atoms with van der Waals surface area (Å²) in [6.45, 7) is 5.40. The molecule has 0 atom stereocenters. The van der Waals surface area contributed by atoms with Crippen molar-refractivity contribution in [1.82, 2.24) is 25.2 Å². The minimum atomic E-state index is -4.58. The van der Waals surface area contributed by atoms with Gasteiger partial charge in [-0.15, -0.1) is 16.4 Å². The van der Waals surface area contributed by atoms with Gasteiger partial charge in [0.2, 0.25) is 0 Å². The van der Waals surface area contributed by atoms with E-state index in [0.717, 1.165) is 5.38 Å². The number of rotatable bonds is 4. The van der Waals surface area contributed by atoms with Crippen LogP contribution in [0.2, 0.25) is 0 Å². The van der Waals surface area contributed by atoms with Crippen molar-refractivity contribution >= 4 is 21.2 Å². The maximum Gasteiger partial charge on any atom is 0.443 e. The third-order valence-electron chi connectivity index (χ3n) is 2.68. The first-order valence-electron chi connectivity index (χ1n) is 6.38. The Morgan fingerprint density at radius 3 is 2.39 bits per heavy atom. The molecule has 0 radical (unpaired) electrons. The van der Waals surface area contributed by atoms with Crippen molar-refractivity contribution in [2.45, 2.75) is 44.0 Å². The van der Waals surface area contributed by atoms with E-state index >= 15 is 0 Å². The molecule has 23 heavy (non-hydrogen) atoms. The quantitative estimate of drug-likeness (QED) is 0.819. The van der Waals surface area contributed by atoms with Crippen LogP contribution in [0.1, 0.15) is 37.3 Å². The monoisotopic (exact) mass is 369 g/mol. The van der Waals surface area contributed by atoms with Crippen molar-refractivity contribution in [1.29, 1.82) is 0 Å². The summed E-state index contributed by atoms with van der Waals surface area (Å²) in [5.74, 6) is -0.948. The Morgan fingerprint density at radius 1 is 1.22 bits per heavy atom. The highest BCUT2D eigenvalue weighted by molar-refractivity contribution is 7.89. The number of nitrogens with zero attached hydrogens (tertiary/aromatic N) is 5. The normalized spacial score (nSPS) is 13.5. The van der Waals surface area contributed by atoms with Crippen molar-refractivity contribution in [3.8, 4) is 0 Å². The summed E-state index contributed by atoms with van der Waals surface area (Å²) < 4.78 is 63.2. The molecule has 2 aromatic heterocycles. The Kier molecular flexibility index (Phi) is 4.50. The number of aromatic nitrogens is 5. The summed E-state index contributed by atoms with van der Waals surface area (Å²) in [6, 6.07) is 0. The van der Waals surface area contributed by atoms with Gasteiger partial charge >= 0.3 is 6.18 Å². The first-order valence-corrected chi connectivity index (χ1v) is 9.08. The molecule has 0 saturated heterocycles. The zero-order valence-corrected chi connectivity index (χ0v) is 14.1. The van der Waals surface area contributed by atoms with Crippen LogP contribution in [0.4, 0.5) is 13.2 Å². The van der Waals surface area contributed by atoms with E-state index in [-0.39, 0.29) is 11.5 Å². The van der Waals surface area contributed by atoms with E-state index in [2.05, 4.69) is 20.5 Å². The lowest BCUT2D eigenvalue weighted by atomic mass is 10.1. The number of thiazole rings is 1. The van der Waals surface area contributed by atoms with Gasteiger partial charge in [0.15, 0.2) is 20.7 Å². The van der Waals surface area contributed by atoms with Gasteiger partial charge in [-0.25, -0.2) is 18.1 Å². The van der Waals surface area contributed by atoms with Crippen LogP contribution in [-0.2, 0) is 33.1 Å². The second-order valence-electron chi connectivity index (χ2n) is 5.85. The molecule has 0 saturated carbocycles. The summed E-state index contributed by atoms with van der Waals surface area (Å²) in [5, 5.41) is 10.9. The second kappa shape index (κ2) is 5.82. The fourth-order valence-corrected chi connectivity index (χ4v) is 3.86. The van der Waals surface area contributed by atoms with Crippen LogP contribution < -0.4 is 0 Å². The van der Waals surface area contributed by atoms with Gasteiger partial charge in [-0.2, -0.15) is 13.2 Å². The lowest BCUT2D eigenvalue weighted by Gasteiger charge is -2.19. The van der Waals surface area contributed by atoms with E-state index in [4.69, 9.17) is 0 Å². The molecule has 0 spiro atoms. The van der Waals surface area contributed by atoms with Crippen LogP contribution in [0.3, 0.4) is 0 Å². The third kappa shape index (κ3) is 4.47. The van der Waals surface area contributed by atoms with Gasteiger partial charge in [-0.1, -0.05) is 0 Å². The molecule has 12 heteroatoms. The molecule has 0 aliphatic carbocycles. The topological polar surface area (TPSA) is 90.6 Å². The van der Waals surface area contributed by atoms with E-state index in [1.807, 2.05) is 0 Å². The third-order valence-corrected chi connectivity index (χ3v) is 5.05. The summed E-state index contributed by atoms with van der Waals surface area (Å²) in [6.07, 6.45) is -4.58. The molecular weight excluding hydrogens is 355 g/mol. The average molecular weight is 369 g/mol. The van der Waals surface area contributed by atoms with Crippen LogP contribution in [0, 0.1) is 0 Å². The summed E-state index contributed by atoms with van der Waals surface area (Å²) in [4.78, 5) is 3.32. The van der Waals surface area contributed by atoms with E-state index in [0.29, 0.717) is 11.3 Å². The molecule has 0 unspecified atom stereocenters. The Morgan fingerprint density at radius 2 is 1.87 bits per heavy atom. The van der Waals surface area contributed by atoms with Gasteiger partial charge in [0.25, 0.3) is 0 Å². The number of hydrogen-bond donors (Lipinski definition) is 0. The summed E-state index contributed by atoms with van der Waals surface area (Å²) in [7, 11) is -3.76. The molecule has 0 aliphatic heterocycles. The Labute approximate surface area is 134 Å². The molecule has 0 aromatic carbocycles. The Balaban J connectivity index is 2.18. The molecule has 7 nitrogen and oxygen atoms in total. The van der Waals surface area contributed by atoms with Gasteiger partial charge in [-0.05, 0) is 31.2 Å². The highest BCUT2D eigenvalue weighted by Crippen LogP contribution is 2.32. The molecule has 0 amide bonds. The van der Waals surface area contributed by atoms with Gasteiger partial charge < -0.3 is 0 Å². The molecule has 2 heterocycles. The Hall–Kier alpha value is -1.56. The molecule has 0 fully saturated rings. The number of tetrazole rings is 1. The van der Waals surface area contributed by atoms with Crippen LogP contribution in [0.5, 0.6) is 0 Å². The van der Waals surface area contributed by atoms with Gasteiger partial charge in [0, 0.05) is 5.38 Å². The van der Waals surface area contributed by atoms with Crippen LogP contribution in [-0.4, -0.2) is 33.6 Å². The van der Waals surface area contributed by atoms with Gasteiger partial charge in [0.1, 0.15) is 5.75 Å². The smallest absolute Gasteiger partial charge is 0.236 e. The van der Waals surface area contributed by atoms with Crippen molar-refractivity contribution in [2.24, 2.45) is 0 Å². The molecule has 2 rings (SSSR count). The minimum absolute atomic E-state index is 0.128. The van der Waals surface area contributed by atoms with Crippen LogP contribution in [0.15, 0.2) is 5.38 Å². The number of hydrogen-bond acceptors (Lipinski definition) is 7. The number of alkyl halides is 3. The second-order valence-corrected chi connectivity index (χ2v) is 8.77. The lowest BCUT2D eigenvalue weighted by molar-refractivity contribution is -0.137. The zero-order valence-electron chi connectivity index (χ0n) is 12.5. The van der Waals surface area contributed by atoms with E-state index in [9.17, 15) is 21.6 Å². The Bertz CT molecular complexity index is 789. The van der Waals surface area contributed by atoms with Crippen molar-refractivity contribution in [3.05, 3.63) is 21.9 Å². The van der Waals surface area contributed by atoms with Crippen LogP contribution >= 0.6 is 11.3 Å². The summed E-state index contributed by atoms with van der Waals surface area (Å²) in [5.41, 5.74) is -0.657. The molecule has 0 bridgehead atoms. The molecule has 0 aliphatic rings. The van der Waals surface area contributed by atoms with Crippen molar-refractivity contribution in [2.75, 3.05) is 0 Å². The fourth-order valence-electron chi connectivity index (χ4n) is 1.79. The van der Waals surface area contributed by atoms with E-state index in [1.54, 1.807) is 20.8 Å². The lowest BCUT2D eigenvalue weighted by Crippen LogP contribution is -2.27. The van der Waals surface area contributed by atoms with Crippen molar-refractivity contribution < 1.29 is 21.6 Å². The standard InChI is InChI=1S/C11H14F3N5O2S2/c1-10(2,3)19-8(16-17-18-19)6-23(20,21)5-7-4-22-9(15-7)11(12,13)14/h4H,5-6H2,1-3H3. The predicted molar refractivity (Wildman–Crippen MR) is 76.3 cm³/mol. The van der Waals surface area contributed by atoms with Gasteiger partial charge in [0.05, 0.1) is 17.0 Å². The first-order chi connectivity index (χ1) is 10.4. The fraction of sp³-hybridized carbons (Fsp3) is 0.636. The molecule has 0 N–H and O–H groups in total. The number of sulfone groups is 1. The predicted octanol–water partition coefficient (Wildman–Crippen LogP) is 2.02. The first kappa shape index (κ1) is 17.8. The highest BCUT2D eigenvalue weighted by atomic mass is 32.2. The van der Waals surface area contributed by atoms with E-state index in [1.165, 1.54) is 4.68 Å². The SMILES string of the molecule is CC(C)(C)n1nnnc1CS(=O)(=O)Cc1csc(C(F)(F)F)n1. The van der Waals surface area contributed by atoms with E-state index < -0.39 is 38.1 Å².